The summed E-state index contributed by atoms with van der Waals surface area (Å²) < 4.78 is 27.5. The van der Waals surface area contributed by atoms with Crippen LogP contribution >= 0.6 is 11.3 Å². The van der Waals surface area contributed by atoms with Gasteiger partial charge < -0.3 is 4.90 Å². The van der Waals surface area contributed by atoms with Gasteiger partial charge in [0, 0.05) is 38.8 Å². The van der Waals surface area contributed by atoms with E-state index in [9.17, 15) is 13.2 Å². The lowest BCUT2D eigenvalue weighted by molar-refractivity contribution is -0.136. The number of sulfonamides is 1. The molecule has 0 aliphatic carbocycles. The first-order valence-corrected chi connectivity index (χ1v) is 12.4. The third kappa shape index (κ3) is 4.09. The van der Waals surface area contributed by atoms with Gasteiger partial charge in [0.25, 0.3) is 10.0 Å². The van der Waals surface area contributed by atoms with Crippen molar-refractivity contribution in [3.63, 3.8) is 0 Å². The molecule has 0 unspecified atom stereocenters. The van der Waals surface area contributed by atoms with Crippen LogP contribution in [0, 0.1) is 5.92 Å². The van der Waals surface area contributed by atoms with Crippen LogP contribution in [0.15, 0.2) is 21.7 Å². The molecule has 3 saturated heterocycles. The molecule has 1 atom stereocenters. The lowest BCUT2D eigenvalue weighted by Gasteiger charge is -2.42. The van der Waals surface area contributed by atoms with Gasteiger partial charge in [0.1, 0.15) is 4.21 Å². The van der Waals surface area contributed by atoms with E-state index in [-0.39, 0.29) is 5.92 Å². The zero-order chi connectivity index (χ0) is 18.9. The fourth-order valence-electron chi connectivity index (χ4n) is 4.72. The Labute approximate surface area is 166 Å². The summed E-state index contributed by atoms with van der Waals surface area (Å²) in [5.74, 6) is 0.472. The molecule has 3 fully saturated rings. The van der Waals surface area contributed by atoms with Crippen LogP contribution in [0.4, 0.5) is 0 Å². The molecule has 0 aromatic carbocycles. The second kappa shape index (κ2) is 8.19. The van der Waals surface area contributed by atoms with Gasteiger partial charge in [-0.15, -0.1) is 11.3 Å². The van der Waals surface area contributed by atoms with Crippen LogP contribution in [0.1, 0.15) is 38.5 Å². The zero-order valence-corrected chi connectivity index (χ0v) is 17.4. The predicted octanol–water partition coefficient (Wildman–Crippen LogP) is 2.24. The van der Waals surface area contributed by atoms with E-state index in [1.807, 2.05) is 10.3 Å². The summed E-state index contributed by atoms with van der Waals surface area (Å²) in [6.07, 6.45) is 6.05. The van der Waals surface area contributed by atoms with Gasteiger partial charge >= 0.3 is 0 Å². The quantitative estimate of drug-likeness (QED) is 0.762. The van der Waals surface area contributed by atoms with Crippen molar-refractivity contribution >= 4 is 27.3 Å². The Kier molecular flexibility index (Phi) is 5.87. The van der Waals surface area contributed by atoms with Crippen LogP contribution in [-0.2, 0) is 14.8 Å². The molecular weight excluding hydrogens is 382 g/mol. The first-order valence-electron chi connectivity index (χ1n) is 10.1. The fraction of sp³-hybridized carbons (Fsp3) is 0.737. The molecule has 0 spiro atoms. The molecule has 0 bridgehead atoms. The number of nitrogens with zero attached hydrogens (tertiary/aromatic N) is 3. The zero-order valence-electron chi connectivity index (χ0n) is 15.8. The maximum atomic E-state index is 12.8. The summed E-state index contributed by atoms with van der Waals surface area (Å²) in [6, 6.07) is 3.87. The molecule has 0 saturated carbocycles. The first-order chi connectivity index (χ1) is 13.1. The molecule has 6 nitrogen and oxygen atoms in total. The van der Waals surface area contributed by atoms with Gasteiger partial charge in [-0.05, 0) is 56.5 Å². The molecule has 1 aromatic rings. The number of likely N-dealkylation sites (tertiary alicyclic amines) is 2. The summed E-state index contributed by atoms with van der Waals surface area (Å²) in [5.41, 5.74) is 0. The Hall–Kier alpha value is -0.960. The maximum Gasteiger partial charge on any atom is 0.252 e. The van der Waals surface area contributed by atoms with Crippen LogP contribution < -0.4 is 0 Å². The molecule has 3 aliphatic heterocycles. The molecule has 27 heavy (non-hydrogen) atoms. The first kappa shape index (κ1) is 19.4. The van der Waals surface area contributed by atoms with Crippen molar-refractivity contribution in [2.45, 2.75) is 48.8 Å². The summed E-state index contributed by atoms with van der Waals surface area (Å²) in [6.45, 7) is 4.88. The Morgan fingerprint density at radius 1 is 1.00 bits per heavy atom. The Balaban J connectivity index is 1.33. The fourth-order valence-corrected chi connectivity index (χ4v) is 7.33. The van der Waals surface area contributed by atoms with E-state index in [0.29, 0.717) is 29.2 Å². The van der Waals surface area contributed by atoms with Crippen molar-refractivity contribution in [3.8, 4) is 0 Å². The highest BCUT2D eigenvalue weighted by molar-refractivity contribution is 7.91. The lowest BCUT2D eigenvalue weighted by Crippen LogP contribution is -2.51. The lowest BCUT2D eigenvalue weighted by atomic mass is 9.93. The highest BCUT2D eigenvalue weighted by Crippen LogP contribution is 2.29. The Morgan fingerprint density at radius 2 is 1.74 bits per heavy atom. The van der Waals surface area contributed by atoms with Gasteiger partial charge in [-0.1, -0.05) is 6.07 Å². The average molecular weight is 412 g/mol. The normalized spacial score (nSPS) is 26.5. The highest BCUT2D eigenvalue weighted by atomic mass is 32.2. The van der Waals surface area contributed by atoms with Crippen LogP contribution in [0.3, 0.4) is 0 Å². The van der Waals surface area contributed by atoms with Crippen molar-refractivity contribution in [1.82, 2.24) is 14.1 Å². The molecule has 4 heterocycles. The van der Waals surface area contributed by atoms with E-state index < -0.39 is 10.0 Å². The number of hydrogen-bond donors (Lipinski definition) is 0. The number of piperidine rings is 2. The highest BCUT2D eigenvalue weighted by Gasteiger charge is 2.36. The molecule has 4 rings (SSSR count). The van der Waals surface area contributed by atoms with E-state index in [1.165, 1.54) is 11.3 Å². The van der Waals surface area contributed by atoms with Gasteiger partial charge in [0.05, 0.1) is 5.92 Å². The van der Waals surface area contributed by atoms with Crippen molar-refractivity contribution < 1.29 is 13.2 Å². The smallest absolute Gasteiger partial charge is 0.252 e. The summed E-state index contributed by atoms with van der Waals surface area (Å²) >= 11 is 1.29. The number of carbonyl (C=O) groups is 1. The largest absolute Gasteiger partial charge is 0.342 e. The molecule has 0 N–H and O–H groups in total. The third-order valence-electron chi connectivity index (χ3n) is 6.25. The van der Waals surface area contributed by atoms with Gasteiger partial charge in [0.15, 0.2) is 0 Å². The van der Waals surface area contributed by atoms with Gasteiger partial charge in [-0.2, -0.15) is 4.31 Å². The van der Waals surface area contributed by atoms with Gasteiger partial charge in [-0.3, -0.25) is 9.69 Å². The van der Waals surface area contributed by atoms with Gasteiger partial charge in [-0.25, -0.2) is 8.42 Å². The Bertz CT molecular complexity index is 736. The number of carbonyl (C=O) groups excluding carboxylic acids is 1. The van der Waals surface area contributed by atoms with E-state index in [2.05, 4.69) is 4.90 Å². The van der Waals surface area contributed by atoms with E-state index >= 15 is 0 Å². The summed E-state index contributed by atoms with van der Waals surface area (Å²) in [5, 5.41) is 1.81. The molecule has 0 radical (unpaired) electrons. The summed E-state index contributed by atoms with van der Waals surface area (Å²) in [4.78, 5) is 17.3. The van der Waals surface area contributed by atoms with Crippen molar-refractivity contribution in [2.24, 2.45) is 5.92 Å². The maximum absolute atomic E-state index is 12.8. The van der Waals surface area contributed by atoms with E-state index in [0.717, 1.165) is 64.7 Å². The van der Waals surface area contributed by atoms with Crippen molar-refractivity contribution in [1.29, 1.82) is 0 Å². The number of amides is 1. The second-order valence-corrected chi connectivity index (χ2v) is 11.0. The van der Waals surface area contributed by atoms with Crippen LogP contribution in [-0.4, -0.2) is 73.7 Å². The number of thiophene rings is 1. The van der Waals surface area contributed by atoms with Crippen LogP contribution in [0.25, 0.3) is 0 Å². The van der Waals surface area contributed by atoms with Gasteiger partial charge in [0.2, 0.25) is 5.91 Å². The molecule has 150 valence electrons. The Morgan fingerprint density at radius 3 is 2.41 bits per heavy atom. The van der Waals surface area contributed by atoms with Crippen molar-refractivity contribution in [2.75, 3.05) is 39.3 Å². The third-order valence-corrected chi connectivity index (χ3v) is 9.52. The molecule has 1 amide bonds. The topological polar surface area (TPSA) is 60.9 Å². The monoisotopic (exact) mass is 411 g/mol. The standard InChI is InChI=1S/C19H29N3O3S2/c23-19(20-9-1-2-10-20)16-5-3-11-21(15-16)17-7-12-22(13-8-17)27(24,25)18-6-4-14-26-18/h4,6,14,16-17H,1-3,5,7-13,15H2/t16-/m1/s1. The van der Waals surface area contributed by atoms with Crippen molar-refractivity contribution in [3.05, 3.63) is 17.5 Å². The molecule has 3 aliphatic rings. The second-order valence-electron chi connectivity index (χ2n) is 7.93. The SMILES string of the molecule is O=C([C@@H]1CCCN(C2CCN(S(=O)(=O)c3cccs3)CC2)C1)N1CCCC1. The minimum atomic E-state index is -3.34. The molecule has 1 aromatic heterocycles. The van der Waals surface area contributed by atoms with Crippen LogP contribution in [0.5, 0.6) is 0 Å². The van der Waals surface area contributed by atoms with Crippen LogP contribution in [0.2, 0.25) is 0 Å². The van der Waals surface area contributed by atoms with E-state index in [1.54, 1.807) is 16.4 Å². The summed E-state index contributed by atoms with van der Waals surface area (Å²) in [7, 11) is -3.34. The average Bonchev–Trinajstić information content (AvgIpc) is 3.42. The van der Waals surface area contributed by atoms with E-state index in [4.69, 9.17) is 0 Å². The minimum absolute atomic E-state index is 0.129. The number of hydrogen-bond acceptors (Lipinski definition) is 5. The molecular formula is C19H29N3O3S2. The molecule has 8 heteroatoms. The predicted molar refractivity (Wildman–Crippen MR) is 106 cm³/mol. The minimum Gasteiger partial charge on any atom is -0.342 e. The number of rotatable bonds is 4.